The maximum absolute atomic E-state index is 5.94. The van der Waals surface area contributed by atoms with Gasteiger partial charge in [-0.15, -0.1) is 0 Å². The first kappa shape index (κ1) is 17.7. The maximum atomic E-state index is 5.94. The largest absolute Gasteiger partial charge is 0.493 e. The minimum Gasteiger partial charge on any atom is -0.493 e. The summed E-state index contributed by atoms with van der Waals surface area (Å²) >= 11 is 0. The first-order valence-electron chi connectivity index (χ1n) is 7.96. The first-order chi connectivity index (χ1) is 12.5. The second kappa shape index (κ2) is 7.40. The van der Waals surface area contributed by atoms with Gasteiger partial charge in [0.15, 0.2) is 17.8 Å². The topological polar surface area (TPSA) is 117 Å². The summed E-state index contributed by atoms with van der Waals surface area (Å²) in [6.45, 7) is 0.434. The van der Waals surface area contributed by atoms with E-state index in [0.29, 0.717) is 29.6 Å². The predicted octanol–water partition coefficient (Wildman–Crippen LogP) is 1.20. The van der Waals surface area contributed by atoms with Crippen molar-refractivity contribution in [2.75, 3.05) is 21.3 Å². The monoisotopic (exact) mass is 355 g/mol. The van der Waals surface area contributed by atoms with Crippen molar-refractivity contribution in [3.05, 3.63) is 41.5 Å². The number of hydrogen-bond donors (Lipinski definition) is 2. The van der Waals surface area contributed by atoms with Gasteiger partial charge in [-0.05, 0) is 35.9 Å². The SMILES string of the molecule is COc1cc(CN=C2C=CC3=NC(N)N=C(N)C3=C2)cc(OC)c1OC. The molecule has 0 saturated heterocycles. The van der Waals surface area contributed by atoms with E-state index in [-0.39, 0.29) is 0 Å². The van der Waals surface area contributed by atoms with E-state index in [1.807, 2.05) is 30.4 Å². The number of ether oxygens (including phenoxy) is 3. The maximum Gasteiger partial charge on any atom is 0.203 e. The van der Waals surface area contributed by atoms with Crippen LogP contribution in [0.1, 0.15) is 5.56 Å². The van der Waals surface area contributed by atoms with Gasteiger partial charge in [0.2, 0.25) is 5.75 Å². The van der Waals surface area contributed by atoms with Crippen LogP contribution in [0, 0.1) is 0 Å². The molecule has 0 spiro atoms. The second-order valence-corrected chi connectivity index (χ2v) is 5.61. The molecule has 1 aromatic rings. The van der Waals surface area contributed by atoms with Crippen molar-refractivity contribution in [1.82, 2.24) is 0 Å². The van der Waals surface area contributed by atoms with Gasteiger partial charge in [0.1, 0.15) is 5.84 Å². The highest BCUT2D eigenvalue weighted by Gasteiger charge is 2.20. The highest BCUT2D eigenvalue weighted by molar-refractivity contribution is 6.34. The van der Waals surface area contributed by atoms with Gasteiger partial charge in [-0.3, -0.25) is 10.7 Å². The summed E-state index contributed by atoms with van der Waals surface area (Å²) < 4.78 is 16.1. The Morgan fingerprint density at radius 2 is 1.73 bits per heavy atom. The summed E-state index contributed by atoms with van der Waals surface area (Å²) in [6.07, 6.45) is 4.90. The third kappa shape index (κ3) is 3.45. The van der Waals surface area contributed by atoms with Gasteiger partial charge in [-0.2, -0.15) is 0 Å². The fourth-order valence-electron chi connectivity index (χ4n) is 2.73. The van der Waals surface area contributed by atoms with Crippen LogP contribution < -0.4 is 25.7 Å². The minimum atomic E-state index is -0.649. The lowest BCUT2D eigenvalue weighted by Gasteiger charge is -2.18. The van der Waals surface area contributed by atoms with Crippen LogP contribution in [0.2, 0.25) is 0 Å². The molecule has 8 heteroatoms. The quantitative estimate of drug-likeness (QED) is 0.770. The van der Waals surface area contributed by atoms with E-state index >= 15 is 0 Å². The van der Waals surface area contributed by atoms with Gasteiger partial charge < -0.3 is 19.9 Å². The number of aliphatic imine (C=N–C) groups is 3. The van der Waals surface area contributed by atoms with Crippen LogP contribution in [-0.4, -0.2) is 44.9 Å². The van der Waals surface area contributed by atoms with Gasteiger partial charge >= 0.3 is 0 Å². The zero-order valence-electron chi connectivity index (χ0n) is 14.9. The standard InChI is InChI=1S/C18H21N5O3/c1-24-14-6-10(7-15(25-2)16(14)26-3)9-21-11-4-5-13-12(8-11)17(19)23-18(20)22-13/h4-8,18H,9,20H2,1-3H3,(H2,19,23). The number of rotatable bonds is 5. The van der Waals surface area contributed by atoms with Crippen LogP contribution in [-0.2, 0) is 6.54 Å². The van der Waals surface area contributed by atoms with Crippen LogP contribution in [0.4, 0.5) is 0 Å². The number of nitrogens with zero attached hydrogens (tertiary/aromatic N) is 3. The van der Waals surface area contributed by atoms with E-state index in [2.05, 4.69) is 15.0 Å². The number of benzene rings is 1. The van der Waals surface area contributed by atoms with Gasteiger partial charge in [-0.1, -0.05) is 0 Å². The molecule has 2 aliphatic rings. The molecular formula is C18H21N5O3. The molecule has 136 valence electrons. The third-order valence-electron chi connectivity index (χ3n) is 3.97. The van der Waals surface area contributed by atoms with Crippen molar-refractivity contribution in [3.8, 4) is 17.2 Å². The highest BCUT2D eigenvalue weighted by atomic mass is 16.5. The lowest BCUT2D eigenvalue weighted by molar-refractivity contribution is 0.324. The number of methoxy groups -OCH3 is 3. The van der Waals surface area contributed by atoms with Crippen molar-refractivity contribution >= 4 is 17.3 Å². The molecule has 1 aliphatic carbocycles. The van der Waals surface area contributed by atoms with Gasteiger partial charge in [0, 0.05) is 5.57 Å². The molecule has 0 fully saturated rings. The minimum absolute atomic E-state index is 0.368. The molecule has 26 heavy (non-hydrogen) atoms. The second-order valence-electron chi connectivity index (χ2n) is 5.61. The summed E-state index contributed by atoms with van der Waals surface area (Å²) in [5.74, 6) is 2.10. The van der Waals surface area contributed by atoms with Gasteiger partial charge in [0.25, 0.3) is 0 Å². The fourth-order valence-corrected chi connectivity index (χ4v) is 2.73. The van der Waals surface area contributed by atoms with E-state index in [0.717, 1.165) is 22.6 Å². The van der Waals surface area contributed by atoms with Gasteiger partial charge in [0.05, 0.1) is 39.3 Å². The average molecular weight is 355 g/mol. The van der Waals surface area contributed by atoms with E-state index in [1.165, 1.54) is 0 Å². The molecule has 4 N–H and O–H groups in total. The number of amidine groups is 1. The van der Waals surface area contributed by atoms with Crippen molar-refractivity contribution < 1.29 is 14.2 Å². The number of hydrogen-bond acceptors (Lipinski definition) is 8. The molecule has 1 unspecified atom stereocenters. The molecule has 8 nitrogen and oxygen atoms in total. The summed E-state index contributed by atoms with van der Waals surface area (Å²) in [6, 6.07) is 3.74. The van der Waals surface area contributed by atoms with E-state index in [9.17, 15) is 0 Å². The lowest BCUT2D eigenvalue weighted by Crippen LogP contribution is -2.33. The first-order valence-corrected chi connectivity index (χ1v) is 7.96. The Hall–Kier alpha value is -3.13. The van der Waals surface area contributed by atoms with E-state index in [1.54, 1.807) is 21.3 Å². The molecule has 0 amide bonds. The van der Waals surface area contributed by atoms with Crippen LogP contribution in [0.15, 0.2) is 50.9 Å². The van der Waals surface area contributed by atoms with Crippen molar-refractivity contribution in [2.24, 2.45) is 26.4 Å². The highest BCUT2D eigenvalue weighted by Crippen LogP contribution is 2.38. The summed E-state index contributed by atoms with van der Waals surface area (Å²) in [4.78, 5) is 12.9. The fraction of sp³-hybridized carbons (Fsp3) is 0.278. The Morgan fingerprint density at radius 3 is 2.35 bits per heavy atom. The van der Waals surface area contributed by atoms with Gasteiger partial charge in [-0.25, -0.2) is 9.98 Å². The van der Waals surface area contributed by atoms with Crippen LogP contribution in [0.25, 0.3) is 0 Å². The molecule has 0 radical (unpaired) electrons. The number of nitrogens with two attached hydrogens (primary N) is 2. The Bertz CT molecular complexity index is 843. The molecule has 1 aliphatic heterocycles. The lowest BCUT2D eigenvalue weighted by atomic mass is 10.0. The Morgan fingerprint density at radius 1 is 1.04 bits per heavy atom. The van der Waals surface area contributed by atoms with E-state index in [4.69, 9.17) is 25.7 Å². The summed E-state index contributed by atoms with van der Waals surface area (Å²) in [5, 5.41) is 0. The molecule has 0 saturated carbocycles. The zero-order valence-corrected chi connectivity index (χ0v) is 14.9. The summed E-state index contributed by atoms with van der Waals surface area (Å²) in [5.41, 5.74) is 14.8. The Balaban J connectivity index is 1.86. The number of fused-ring (bicyclic) bond motifs is 1. The van der Waals surface area contributed by atoms with Crippen LogP contribution in [0.5, 0.6) is 17.2 Å². The molecule has 3 rings (SSSR count). The van der Waals surface area contributed by atoms with Crippen molar-refractivity contribution in [1.29, 1.82) is 0 Å². The molecule has 1 atom stereocenters. The predicted molar refractivity (Wildman–Crippen MR) is 101 cm³/mol. The molecule has 1 aromatic carbocycles. The summed E-state index contributed by atoms with van der Waals surface area (Å²) in [7, 11) is 4.73. The normalized spacial score (nSPS) is 20.1. The smallest absolute Gasteiger partial charge is 0.203 e. The third-order valence-corrected chi connectivity index (χ3v) is 3.97. The van der Waals surface area contributed by atoms with E-state index < -0.39 is 6.29 Å². The zero-order chi connectivity index (χ0) is 18.7. The molecule has 0 aromatic heterocycles. The average Bonchev–Trinajstić information content (AvgIpc) is 2.65. The van der Waals surface area contributed by atoms with Crippen LogP contribution in [0.3, 0.4) is 0 Å². The van der Waals surface area contributed by atoms with Crippen LogP contribution >= 0.6 is 0 Å². The number of allylic oxidation sites excluding steroid dienone is 3. The Kier molecular flexibility index (Phi) is 5.04. The molecule has 0 bridgehead atoms. The molecule has 1 heterocycles. The molecular weight excluding hydrogens is 334 g/mol. The van der Waals surface area contributed by atoms with Crippen molar-refractivity contribution in [3.63, 3.8) is 0 Å². The van der Waals surface area contributed by atoms with Crippen molar-refractivity contribution in [2.45, 2.75) is 12.8 Å². The Labute approximate surface area is 151 Å².